The molecule has 1 atom stereocenters. The van der Waals surface area contributed by atoms with Crippen LogP contribution in [0.2, 0.25) is 0 Å². The van der Waals surface area contributed by atoms with Crippen LogP contribution in [0.25, 0.3) is 11.3 Å². The number of nitrogens with zero attached hydrogens (tertiary/aromatic N) is 2. The van der Waals surface area contributed by atoms with E-state index < -0.39 is 0 Å². The number of nitrogens with one attached hydrogen (secondary N) is 1. The fourth-order valence-corrected chi connectivity index (χ4v) is 3.26. The average molecular weight is 451 g/mol. The van der Waals surface area contributed by atoms with E-state index in [1.54, 1.807) is 6.20 Å². The molecule has 25 heavy (non-hydrogen) atoms. The van der Waals surface area contributed by atoms with Crippen LogP contribution >= 0.6 is 40.7 Å². The number of carbonyl (C=O) groups excluding carboxylic acids is 1. The van der Waals surface area contributed by atoms with E-state index in [1.807, 2.05) is 29.2 Å². The molecule has 0 radical (unpaired) electrons. The number of hydrogen-bond donors (Lipinski definition) is 1. The molecule has 2 heterocycles. The number of aryl methyl sites for hydroxylation is 1. The van der Waals surface area contributed by atoms with Crippen LogP contribution in [-0.4, -0.2) is 41.5 Å². The van der Waals surface area contributed by atoms with Gasteiger partial charge in [-0.15, -0.1) is 24.8 Å². The van der Waals surface area contributed by atoms with Crippen LogP contribution in [0.1, 0.15) is 19.2 Å². The van der Waals surface area contributed by atoms with Gasteiger partial charge in [-0.05, 0) is 13.0 Å². The molecule has 3 rings (SSSR count). The second kappa shape index (κ2) is 10.2. The van der Waals surface area contributed by atoms with E-state index in [1.165, 1.54) is 0 Å². The lowest BCUT2D eigenvalue weighted by Gasteiger charge is -2.34. The van der Waals surface area contributed by atoms with Crippen LogP contribution in [0.3, 0.4) is 0 Å². The van der Waals surface area contributed by atoms with Crippen LogP contribution in [0, 0.1) is 0 Å². The van der Waals surface area contributed by atoms with Gasteiger partial charge in [0, 0.05) is 48.6 Å². The Bertz CT molecular complexity index is 696. The molecule has 1 aromatic heterocycles. The number of benzene rings is 1. The minimum atomic E-state index is 0. The zero-order valence-corrected chi connectivity index (χ0v) is 17.1. The first-order valence-electron chi connectivity index (χ1n) is 7.85. The summed E-state index contributed by atoms with van der Waals surface area (Å²) in [5.74, 6) is 1.49. The van der Waals surface area contributed by atoms with Crippen molar-refractivity contribution in [1.29, 1.82) is 0 Å². The number of piperazine rings is 1. The van der Waals surface area contributed by atoms with E-state index >= 15 is 0 Å². The van der Waals surface area contributed by atoms with Crippen LogP contribution in [0.15, 0.2) is 39.4 Å². The third-order valence-corrected chi connectivity index (χ3v) is 4.76. The van der Waals surface area contributed by atoms with Gasteiger partial charge in [0.15, 0.2) is 11.7 Å². The first-order chi connectivity index (χ1) is 11.1. The van der Waals surface area contributed by atoms with E-state index in [9.17, 15) is 4.79 Å². The molecule has 0 unspecified atom stereocenters. The molecule has 0 spiro atoms. The molecule has 1 amide bonds. The predicted molar refractivity (Wildman–Crippen MR) is 107 cm³/mol. The number of hydrogen-bond acceptors (Lipinski definition) is 4. The van der Waals surface area contributed by atoms with Crippen LogP contribution in [-0.2, 0) is 11.2 Å². The molecule has 2 aromatic rings. The highest BCUT2D eigenvalue weighted by atomic mass is 79.9. The molecular weight excluding hydrogens is 429 g/mol. The predicted octanol–water partition coefficient (Wildman–Crippen LogP) is 3.70. The largest absolute Gasteiger partial charge is 0.441 e. The van der Waals surface area contributed by atoms with Gasteiger partial charge in [-0.3, -0.25) is 4.79 Å². The molecule has 1 aromatic carbocycles. The van der Waals surface area contributed by atoms with Crippen LogP contribution in [0.5, 0.6) is 0 Å². The molecule has 8 heteroatoms. The standard InChI is InChI=1S/C17H20BrN3O2.2ClH/c1-12-10-19-8-9-21(12)17(22)7-6-16-20-11-15(23-16)13-4-2-3-5-14(13)18;;/h2-5,11-12,19H,6-10H2,1H3;2*1H/t12-;;/m1../s1. The second-order valence-electron chi connectivity index (χ2n) is 5.74. The number of oxazole rings is 1. The quantitative estimate of drug-likeness (QED) is 0.771. The first kappa shape index (κ1) is 22.0. The Morgan fingerprint density at radius 3 is 2.88 bits per heavy atom. The van der Waals surface area contributed by atoms with E-state index in [0.29, 0.717) is 18.7 Å². The van der Waals surface area contributed by atoms with Crippen molar-refractivity contribution in [2.45, 2.75) is 25.8 Å². The highest BCUT2D eigenvalue weighted by Gasteiger charge is 2.23. The van der Waals surface area contributed by atoms with Crippen molar-refractivity contribution in [3.05, 3.63) is 40.8 Å². The molecular formula is C17H22BrCl2N3O2. The summed E-state index contributed by atoms with van der Waals surface area (Å²) in [6.07, 6.45) is 2.67. The van der Waals surface area contributed by atoms with Crippen molar-refractivity contribution in [3.63, 3.8) is 0 Å². The first-order valence-corrected chi connectivity index (χ1v) is 8.64. The van der Waals surface area contributed by atoms with E-state index in [2.05, 4.69) is 33.2 Å². The van der Waals surface area contributed by atoms with Gasteiger partial charge in [0.1, 0.15) is 0 Å². The van der Waals surface area contributed by atoms with Crippen LogP contribution < -0.4 is 5.32 Å². The Kier molecular flexibility index (Phi) is 8.93. The van der Waals surface area contributed by atoms with Crippen molar-refractivity contribution in [3.8, 4) is 11.3 Å². The van der Waals surface area contributed by atoms with Gasteiger partial charge in [-0.1, -0.05) is 34.1 Å². The maximum absolute atomic E-state index is 12.3. The zero-order chi connectivity index (χ0) is 16.2. The topological polar surface area (TPSA) is 58.4 Å². The lowest BCUT2D eigenvalue weighted by molar-refractivity contribution is -0.134. The Balaban J connectivity index is 0.00000156. The molecule has 0 bridgehead atoms. The van der Waals surface area contributed by atoms with Crippen molar-refractivity contribution in [1.82, 2.24) is 15.2 Å². The Morgan fingerprint density at radius 1 is 1.40 bits per heavy atom. The number of rotatable bonds is 4. The highest BCUT2D eigenvalue weighted by Crippen LogP contribution is 2.28. The van der Waals surface area contributed by atoms with Crippen LogP contribution in [0.4, 0.5) is 0 Å². The molecule has 5 nitrogen and oxygen atoms in total. The summed E-state index contributed by atoms with van der Waals surface area (Å²) in [4.78, 5) is 18.6. The van der Waals surface area contributed by atoms with Crippen molar-refractivity contribution in [2.24, 2.45) is 0 Å². The minimum Gasteiger partial charge on any atom is -0.441 e. The summed E-state index contributed by atoms with van der Waals surface area (Å²) in [6, 6.07) is 8.10. The normalized spacial score (nSPS) is 16.7. The Morgan fingerprint density at radius 2 is 2.16 bits per heavy atom. The lowest BCUT2D eigenvalue weighted by Crippen LogP contribution is -2.52. The van der Waals surface area contributed by atoms with Crippen molar-refractivity contribution in [2.75, 3.05) is 19.6 Å². The summed E-state index contributed by atoms with van der Waals surface area (Å²) in [7, 11) is 0. The summed E-state index contributed by atoms with van der Waals surface area (Å²) in [5.41, 5.74) is 0.966. The Labute approximate surface area is 168 Å². The van der Waals surface area contributed by atoms with Gasteiger partial charge in [0.05, 0.1) is 6.20 Å². The SMILES string of the molecule is C[C@@H]1CNCCN1C(=O)CCc1ncc(-c2ccccc2Br)o1.Cl.Cl. The molecule has 0 saturated carbocycles. The zero-order valence-electron chi connectivity index (χ0n) is 13.9. The van der Waals surface area contributed by atoms with E-state index in [-0.39, 0.29) is 36.8 Å². The molecule has 138 valence electrons. The summed E-state index contributed by atoms with van der Waals surface area (Å²) < 4.78 is 6.76. The average Bonchev–Trinajstić information content (AvgIpc) is 3.02. The fourth-order valence-electron chi connectivity index (χ4n) is 2.78. The maximum atomic E-state index is 12.3. The summed E-state index contributed by atoms with van der Waals surface area (Å²) >= 11 is 3.51. The van der Waals surface area contributed by atoms with E-state index in [0.717, 1.165) is 35.4 Å². The smallest absolute Gasteiger partial charge is 0.223 e. The van der Waals surface area contributed by atoms with Gasteiger partial charge in [-0.2, -0.15) is 0 Å². The molecule has 1 aliphatic heterocycles. The van der Waals surface area contributed by atoms with E-state index in [4.69, 9.17) is 4.42 Å². The molecule has 0 aliphatic carbocycles. The molecule has 1 saturated heterocycles. The fraction of sp³-hybridized carbons (Fsp3) is 0.412. The highest BCUT2D eigenvalue weighted by molar-refractivity contribution is 9.10. The number of halogens is 3. The van der Waals surface area contributed by atoms with Gasteiger partial charge < -0.3 is 14.6 Å². The monoisotopic (exact) mass is 449 g/mol. The van der Waals surface area contributed by atoms with Crippen molar-refractivity contribution >= 4 is 46.7 Å². The lowest BCUT2D eigenvalue weighted by atomic mass is 10.2. The number of aromatic nitrogens is 1. The molecule has 1 N–H and O–H groups in total. The molecule has 1 aliphatic rings. The van der Waals surface area contributed by atoms with Crippen molar-refractivity contribution < 1.29 is 9.21 Å². The minimum absolute atomic E-state index is 0. The third kappa shape index (κ3) is 5.45. The molecule has 1 fully saturated rings. The van der Waals surface area contributed by atoms with Gasteiger partial charge in [-0.25, -0.2) is 4.98 Å². The summed E-state index contributed by atoms with van der Waals surface area (Å²) in [6.45, 7) is 4.56. The number of amides is 1. The Hall–Kier alpha value is -1.08. The van der Waals surface area contributed by atoms with Gasteiger partial charge >= 0.3 is 0 Å². The summed E-state index contributed by atoms with van der Waals surface area (Å²) in [5, 5.41) is 3.29. The van der Waals surface area contributed by atoms with Gasteiger partial charge in [0.25, 0.3) is 0 Å². The number of carbonyl (C=O) groups is 1. The second-order valence-corrected chi connectivity index (χ2v) is 6.59. The third-order valence-electron chi connectivity index (χ3n) is 4.07. The van der Waals surface area contributed by atoms with Gasteiger partial charge in [0.2, 0.25) is 5.91 Å². The maximum Gasteiger partial charge on any atom is 0.223 e.